The molecule has 0 unspecified atom stereocenters. The van der Waals surface area contributed by atoms with Gasteiger partial charge in [-0.25, -0.2) is 0 Å². The van der Waals surface area contributed by atoms with Crippen LogP contribution in [0.5, 0.6) is 0 Å². The number of aromatic nitrogens is 1. The minimum atomic E-state index is 0.957. The van der Waals surface area contributed by atoms with Gasteiger partial charge < -0.3 is 0 Å². The summed E-state index contributed by atoms with van der Waals surface area (Å²) in [5.41, 5.74) is 4.47. The van der Waals surface area contributed by atoms with Crippen molar-refractivity contribution in [2.24, 2.45) is 0 Å². The van der Waals surface area contributed by atoms with Crippen LogP contribution in [0, 0.1) is 0 Å². The van der Waals surface area contributed by atoms with Crippen molar-refractivity contribution in [2.45, 2.75) is 0 Å². The average molecular weight is 283 g/mol. The first-order valence-electron chi connectivity index (χ1n) is 7.32. The number of pyridine rings is 1. The number of nitrogens with zero attached hydrogens (tertiary/aromatic N) is 1. The van der Waals surface area contributed by atoms with Crippen LogP contribution < -0.4 is 0 Å². The fourth-order valence-electron chi connectivity index (χ4n) is 2.16. The Labute approximate surface area is 131 Å². The minimum Gasteiger partial charge on any atom is -0.257 e. The van der Waals surface area contributed by atoms with E-state index in [1.807, 2.05) is 54.7 Å². The molecular formula is C21H17N. The zero-order valence-corrected chi connectivity index (χ0v) is 12.3. The first-order valence-corrected chi connectivity index (χ1v) is 7.32. The molecule has 0 N–H and O–H groups in total. The molecule has 0 aliphatic carbocycles. The molecule has 3 rings (SSSR count). The minimum absolute atomic E-state index is 0.957. The normalized spacial score (nSPS) is 11.3. The highest BCUT2D eigenvalue weighted by Gasteiger charge is 1.92. The molecule has 0 radical (unpaired) electrons. The predicted octanol–water partition coefficient (Wildman–Crippen LogP) is 5.42. The van der Waals surface area contributed by atoms with Crippen molar-refractivity contribution in [3.8, 4) is 0 Å². The van der Waals surface area contributed by atoms with E-state index < -0.39 is 0 Å². The van der Waals surface area contributed by atoms with Gasteiger partial charge in [0.2, 0.25) is 0 Å². The Morgan fingerprint density at radius 1 is 0.545 bits per heavy atom. The largest absolute Gasteiger partial charge is 0.257 e. The van der Waals surface area contributed by atoms with Gasteiger partial charge in [0.25, 0.3) is 0 Å². The summed E-state index contributed by atoms with van der Waals surface area (Å²) in [6, 6.07) is 24.6. The summed E-state index contributed by atoms with van der Waals surface area (Å²) in [6.45, 7) is 0. The zero-order valence-electron chi connectivity index (χ0n) is 12.3. The smallest absolute Gasteiger partial charge is 0.0635 e. The molecule has 0 saturated carbocycles. The van der Waals surface area contributed by atoms with Crippen molar-refractivity contribution in [3.05, 3.63) is 101 Å². The van der Waals surface area contributed by atoms with Gasteiger partial charge in [-0.2, -0.15) is 0 Å². The number of benzene rings is 2. The summed E-state index contributed by atoms with van der Waals surface area (Å²) in [5.74, 6) is 0. The van der Waals surface area contributed by atoms with Gasteiger partial charge in [0.15, 0.2) is 0 Å². The summed E-state index contributed by atoms with van der Waals surface area (Å²) in [6.07, 6.45) is 10.2. The SMILES string of the molecule is C(=C/c1cc(/C=C/c2ccccc2)ccn1)/c1ccccc1. The molecule has 0 aliphatic rings. The summed E-state index contributed by atoms with van der Waals surface area (Å²) >= 11 is 0. The Bertz CT molecular complexity index is 707. The lowest BCUT2D eigenvalue weighted by molar-refractivity contribution is 1.29. The second-order valence-electron chi connectivity index (χ2n) is 5.00. The maximum absolute atomic E-state index is 4.39. The molecule has 0 atom stereocenters. The predicted molar refractivity (Wildman–Crippen MR) is 95.0 cm³/mol. The van der Waals surface area contributed by atoms with Crippen LogP contribution in [0.4, 0.5) is 0 Å². The van der Waals surface area contributed by atoms with Gasteiger partial charge in [0, 0.05) is 6.20 Å². The van der Waals surface area contributed by atoms with Crippen LogP contribution in [0.25, 0.3) is 24.3 Å². The molecule has 3 aromatic rings. The van der Waals surface area contributed by atoms with E-state index in [1.54, 1.807) is 0 Å². The summed E-state index contributed by atoms with van der Waals surface area (Å²) < 4.78 is 0. The Morgan fingerprint density at radius 2 is 1.09 bits per heavy atom. The van der Waals surface area contributed by atoms with Gasteiger partial charge >= 0.3 is 0 Å². The van der Waals surface area contributed by atoms with Crippen molar-refractivity contribution in [1.29, 1.82) is 0 Å². The highest BCUT2D eigenvalue weighted by atomic mass is 14.6. The first-order chi connectivity index (χ1) is 10.9. The fourth-order valence-corrected chi connectivity index (χ4v) is 2.16. The van der Waals surface area contributed by atoms with E-state index in [0.717, 1.165) is 11.3 Å². The molecule has 1 heteroatoms. The van der Waals surface area contributed by atoms with Crippen LogP contribution in [0.2, 0.25) is 0 Å². The van der Waals surface area contributed by atoms with Gasteiger partial charge in [0.05, 0.1) is 5.69 Å². The Balaban J connectivity index is 1.75. The van der Waals surface area contributed by atoms with Crippen LogP contribution >= 0.6 is 0 Å². The monoisotopic (exact) mass is 283 g/mol. The molecule has 2 aromatic carbocycles. The van der Waals surface area contributed by atoms with E-state index in [4.69, 9.17) is 0 Å². The third kappa shape index (κ3) is 4.03. The Morgan fingerprint density at radius 3 is 1.73 bits per heavy atom. The molecule has 0 bridgehead atoms. The number of hydrogen-bond donors (Lipinski definition) is 0. The maximum atomic E-state index is 4.39. The van der Waals surface area contributed by atoms with E-state index in [-0.39, 0.29) is 0 Å². The first kappa shape index (κ1) is 14.0. The van der Waals surface area contributed by atoms with Crippen molar-refractivity contribution in [3.63, 3.8) is 0 Å². The van der Waals surface area contributed by atoms with Gasteiger partial charge in [-0.15, -0.1) is 0 Å². The van der Waals surface area contributed by atoms with Crippen molar-refractivity contribution < 1.29 is 0 Å². The number of hydrogen-bond acceptors (Lipinski definition) is 1. The zero-order chi connectivity index (χ0) is 15.0. The summed E-state index contributed by atoms with van der Waals surface area (Å²) in [4.78, 5) is 4.39. The molecule has 1 nitrogen and oxygen atoms in total. The van der Waals surface area contributed by atoms with Gasteiger partial charge in [-0.3, -0.25) is 4.98 Å². The molecule has 0 saturated heterocycles. The average Bonchev–Trinajstić information content (AvgIpc) is 2.60. The van der Waals surface area contributed by atoms with Crippen LogP contribution in [-0.4, -0.2) is 4.98 Å². The van der Waals surface area contributed by atoms with Crippen molar-refractivity contribution in [2.75, 3.05) is 0 Å². The quantitative estimate of drug-likeness (QED) is 0.622. The molecule has 0 fully saturated rings. The van der Waals surface area contributed by atoms with Crippen molar-refractivity contribution >= 4 is 24.3 Å². The lowest BCUT2D eigenvalue weighted by atomic mass is 10.1. The fraction of sp³-hybridized carbons (Fsp3) is 0. The third-order valence-corrected chi connectivity index (χ3v) is 3.32. The lowest BCUT2D eigenvalue weighted by Crippen LogP contribution is -1.81. The molecule has 1 heterocycles. The van der Waals surface area contributed by atoms with Gasteiger partial charge in [0.1, 0.15) is 0 Å². The van der Waals surface area contributed by atoms with Crippen LogP contribution in [0.3, 0.4) is 0 Å². The van der Waals surface area contributed by atoms with Crippen LogP contribution in [0.15, 0.2) is 79.0 Å². The highest BCUT2D eigenvalue weighted by Crippen LogP contribution is 2.11. The van der Waals surface area contributed by atoms with Gasteiger partial charge in [-0.1, -0.05) is 78.9 Å². The van der Waals surface area contributed by atoms with E-state index in [1.165, 1.54) is 11.1 Å². The third-order valence-electron chi connectivity index (χ3n) is 3.32. The second-order valence-corrected chi connectivity index (χ2v) is 5.00. The second kappa shape index (κ2) is 7.19. The van der Waals surface area contributed by atoms with E-state index in [9.17, 15) is 0 Å². The summed E-state index contributed by atoms with van der Waals surface area (Å²) in [5, 5.41) is 0. The summed E-state index contributed by atoms with van der Waals surface area (Å²) in [7, 11) is 0. The Hall–Kier alpha value is -2.93. The molecule has 0 amide bonds. The number of rotatable bonds is 4. The van der Waals surface area contributed by atoms with E-state index >= 15 is 0 Å². The topological polar surface area (TPSA) is 12.9 Å². The van der Waals surface area contributed by atoms with Gasteiger partial charge in [-0.05, 0) is 34.9 Å². The van der Waals surface area contributed by atoms with E-state index in [0.29, 0.717) is 0 Å². The van der Waals surface area contributed by atoms with Crippen LogP contribution in [0.1, 0.15) is 22.4 Å². The Kier molecular flexibility index (Phi) is 4.58. The lowest BCUT2D eigenvalue weighted by Gasteiger charge is -1.97. The van der Waals surface area contributed by atoms with E-state index in [2.05, 4.69) is 53.5 Å². The van der Waals surface area contributed by atoms with Crippen LogP contribution in [-0.2, 0) is 0 Å². The standard InChI is InChI=1S/C21H17N/c1-3-7-18(8-4-1)11-12-20-15-16-22-21(17-20)14-13-19-9-5-2-6-10-19/h1-17H/b12-11+,14-13-. The highest BCUT2D eigenvalue weighted by molar-refractivity contribution is 5.72. The molecule has 22 heavy (non-hydrogen) atoms. The molecule has 1 aromatic heterocycles. The molecule has 0 aliphatic heterocycles. The van der Waals surface area contributed by atoms with Crippen molar-refractivity contribution in [1.82, 2.24) is 4.98 Å². The molecular weight excluding hydrogens is 266 g/mol. The molecule has 106 valence electrons. The maximum Gasteiger partial charge on any atom is 0.0635 e. The molecule has 0 spiro atoms.